The van der Waals surface area contributed by atoms with Crippen LogP contribution in [0.15, 0.2) is 12.4 Å². The Kier molecular flexibility index (Phi) is 4.25. The zero-order valence-electron chi connectivity index (χ0n) is 14.1. The molecule has 3 rings (SSSR count). The number of amides is 1. The molecule has 0 bridgehead atoms. The molecule has 0 saturated carbocycles. The summed E-state index contributed by atoms with van der Waals surface area (Å²) < 4.78 is 29.8. The number of aromatic nitrogens is 2. The number of nitrogens with zero attached hydrogens (tertiary/aromatic N) is 4. The molecule has 0 aliphatic carbocycles. The van der Waals surface area contributed by atoms with E-state index in [1.54, 1.807) is 12.4 Å². The second-order valence-corrected chi connectivity index (χ2v) is 8.92. The van der Waals surface area contributed by atoms with Crippen LogP contribution in [0.3, 0.4) is 0 Å². The van der Waals surface area contributed by atoms with Gasteiger partial charge in [-0.3, -0.25) is 9.88 Å². The van der Waals surface area contributed by atoms with E-state index >= 15 is 0 Å². The Hall–Kier alpha value is -1.74. The number of piperidine rings is 1. The average molecular weight is 354 g/mol. The van der Waals surface area contributed by atoms with Gasteiger partial charge < -0.3 is 4.74 Å². The molecule has 2 aliphatic heterocycles. The fourth-order valence-electron chi connectivity index (χ4n) is 3.18. The Balaban J connectivity index is 1.79. The quantitative estimate of drug-likeness (QED) is 0.813. The van der Waals surface area contributed by atoms with Crippen molar-refractivity contribution in [3.05, 3.63) is 18.1 Å². The van der Waals surface area contributed by atoms with Gasteiger partial charge in [0.2, 0.25) is 10.0 Å². The lowest BCUT2D eigenvalue weighted by molar-refractivity contribution is 0.175. The van der Waals surface area contributed by atoms with Gasteiger partial charge in [0, 0.05) is 25.2 Å². The first kappa shape index (κ1) is 17.1. The standard InChI is InChI=1S/C15H22N4O4S/c1-15(2)10-23-14(20)19(15)13-9-16-8-12(17-13)11-4-6-18(7-5-11)24(3,21)22/h8-9,11H,4-7,10H2,1-3H3. The fourth-order valence-corrected chi connectivity index (χ4v) is 4.05. The third-order valence-corrected chi connectivity index (χ3v) is 5.85. The van der Waals surface area contributed by atoms with E-state index in [-0.39, 0.29) is 5.92 Å². The Morgan fingerprint density at radius 1 is 1.25 bits per heavy atom. The summed E-state index contributed by atoms with van der Waals surface area (Å²) in [5.74, 6) is 0.614. The van der Waals surface area contributed by atoms with Gasteiger partial charge in [0.05, 0.1) is 23.7 Å². The largest absolute Gasteiger partial charge is 0.447 e. The second kappa shape index (κ2) is 5.96. The molecule has 2 aliphatic rings. The molecule has 3 heterocycles. The lowest BCUT2D eigenvalue weighted by Gasteiger charge is -2.31. The summed E-state index contributed by atoms with van der Waals surface area (Å²) in [6.07, 6.45) is 5.45. The molecule has 132 valence electrons. The molecular weight excluding hydrogens is 332 g/mol. The van der Waals surface area contributed by atoms with Gasteiger partial charge in [-0.05, 0) is 26.7 Å². The molecule has 1 aromatic heterocycles. The first-order valence-corrected chi connectivity index (χ1v) is 9.77. The van der Waals surface area contributed by atoms with E-state index in [1.165, 1.54) is 15.5 Å². The van der Waals surface area contributed by atoms with Crippen LogP contribution in [0.1, 0.15) is 38.3 Å². The van der Waals surface area contributed by atoms with Crippen LogP contribution in [-0.2, 0) is 14.8 Å². The zero-order valence-corrected chi connectivity index (χ0v) is 14.9. The molecule has 9 heteroatoms. The monoisotopic (exact) mass is 354 g/mol. The summed E-state index contributed by atoms with van der Waals surface area (Å²) >= 11 is 0. The van der Waals surface area contributed by atoms with Gasteiger partial charge in [-0.25, -0.2) is 22.5 Å². The summed E-state index contributed by atoms with van der Waals surface area (Å²) in [6, 6.07) is 0. The van der Waals surface area contributed by atoms with Crippen molar-refractivity contribution in [2.24, 2.45) is 0 Å². The van der Waals surface area contributed by atoms with Gasteiger partial charge in [0.25, 0.3) is 0 Å². The lowest BCUT2D eigenvalue weighted by Crippen LogP contribution is -2.43. The number of hydrogen-bond donors (Lipinski definition) is 0. The van der Waals surface area contributed by atoms with Crippen LogP contribution in [0.25, 0.3) is 0 Å². The van der Waals surface area contributed by atoms with Crippen molar-refractivity contribution in [2.75, 3.05) is 30.9 Å². The van der Waals surface area contributed by atoms with Crippen molar-refractivity contribution in [1.82, 2.24) is 14.3 Å². The van der Waals surface area contributed by atoms with Crippen molar-refractivity contribution < 1.29 is 17.9 Å². The highest BCUT2D eigenvalue weighted by molar-refractivity contribution is 7.88. The van der Waals surface area contributed by atoms with E-state index in [4.69, 9.17) is 4.74 Å². The highest BCUT2D eigenvalue weighted by Crippen LogP contribution is 2.32. The van der Waals surface area contributed by atoms with Crippen molar-refractivity contribution in [2.45, 2.75) is 38.1 Å². The molecule has 8 nitrogen and oxygen atoms in total. The van der Waals surface area contributed by atoms with Gasteiger partial charge in [0.15, 0.2) is 5.82 Å². The number of hydrogen-bond acceptors (Lipinski definition) is 6. The van der Waals surface area contributed by atoms with Crippen LogP contribution in [-0.4, -0.2) is 60.3 Å². The van der Waals surface area contributed by atoms with Crippen molar-refractivity contribution in [3.8, 4) is 0 Å². The van der Waals surface area contributed by atoms with Gasteiger partial charge in [-0.2, -0.15) is 0 Å². The molecule has 0 radical (unpaired) electrons. The first-order valence-electron chi connectivity index (χ1n) is 7.92. The van der Waals surface area contributed by atoms with Crippen LogP contribution in [0, 0.1) is 0 Å². The molecule has 0 unspecified atom stereocenters. The maximum Gasteiger partial charge on any atom is 0.416 e. The topological polar surface area (TPSA) is 92.7 Å². The number of anilines is 1. The highest BCUT2D eigenvalue weighted by atomic mass is 32.2. The average Bonchev–Trinajstić information content (AvgIpc) is 2.80. The second-order valence-electron chi connectivity index (χ2n) is 6.94. The van der Waals surface area contributed by atoms with Crippen LogP contribution < -0.4 is 4.90 Å². The Morgan fingerprint density at radius 2 is 1.92 bits per heavy atom. The normalized spacial score (nSPS) is 22.6. The molecule has 0 atom stereocenters. The maximum atomic E-state index is 12.0. The minimum Gasteiger partial charge on any atom is -0.447 e. The van der Waals surface area contributed by atoms with Gasteiger partial charge in [-0.1, -0.05) is 0 Å². The number of ether oxygens (including phenoxy) is 1. The first-order chi connectivity index (χ1) is 11.2. The van der Waals surface area contributed by atoms with E-state index in [2.05, 4.69) is 9.97 Å². The minimum absolute atomic E-state index is 0.136. The zero-order chi connectivity index (χ0) is 17.5. The van der Waals surface area contributed by atoms with E-state index < -0.39 is 21.7 Å². The summed E-state index contributed by atoms with van der Waals surface area (Å²) in [6.45, 7) is 5.09. The number of carbonyl (C=O) groups excluding carboxylic acids is 1. The number of sulfonamides is 1. The Labute approximate surface area is 141 Å². The fraction of sp³-hybridized carbons (Fsp3) is 0.667. The molecule has 1 amide bonds. The third kappa shape index (κ3) is 3.23. The number of cyclic esters (lactones) is 1. The number of carbonyl (C=O) groups is 1. The van der Waals surface area contributed by atoms with E-state index in [0.717, 1.165) is 5.69 Å². The van der Waals surface area contributed by atoms with Gasteiger partial charge in [0.1, 0.15) is 6.61 Å². The highest BCUT2D eigenvalue weighted by Gasteiger charge is 2.42. The number of rotatable bonds is 3. The summed E-state index contributed by atoms with van der Waals surface area (Å²) in [4.78, 5) is 22.4. The SMILES string of the molecule is CC1(C)COC(=O)N1c1cncc(C2CCN(S(C)(=O)=O)CC2)n1. The van der Waals surface area contributed by atoms with Crippen molar-refractivity contribution in [1.29, 1.82) is 0 Å². The molecule has 2 fully saturated rings. The smallest absolute Gasteiger partial charge is 0.416 e. The third-order valence-electron chi connectivity index (χ3n) is 4.55. The minimum atomic E-state index is -3.15. The van der Waals surface area contributed by atoms with Gasteiger partial charge >= 0.3 is 6.09 Å². The van der Waals surface area contributed by atoms with Crippen LogP contribution in [0.4, 0.5) is 10.6 Å². The predicted octanol–water partition coefficient (Wildman–Crippen LogP) is 1.35. The van der Waals surface area contributed by atoms with Gasteiger partial charge in [-0.15, -0.1) is 0 Å². The molecule has 2 saturated heterocycles. The van der Waals surface area contributed by atoms with E-state index in [0.29, 0.717) is 38.4 Å². The molecule has 1 aromatic rings. The van der Waals surface area contributed by atoms with Crippen LogP contribution >= 0.6 is 0 Å². The molecular formula is C15H22N4O4S. The Morgan fingerprint density at radius 3 is 2.46 bits per heavy atom. The molecule has 0 N–H and O–H groups in total. The molecule has 0 spiro atoms. The lowest BCUT2D eigenvalue weighted by atomic mass is 9.95. The predicted molar refractivity (Wildman–Crippen MR) is 88.3 cm³/mol. The Bertz CT molecular complexity index is 742. The van der Waals surface area contributed by atoms with Crippen LogP contribution in [0.2, 0.25) is 0 Å². The molecule has 0 aromatic carbocycles. The summed E-state index contributed by atoms with van der Waals surface area (Å²) in [5.41, 5.74) is 0.320. The van der Waals surface area contributed by atoms with Crippen LogP contribution in [0.5, 0.6) is 0 Å². The maximum absolute atomic E-state index is 12.0. The molecule has 24 heavy (non-hydrogen) atoms. The van der Waals surface area contributed by atoms with Crippen molar-refractivity contribution >= 4 is 21.9 Å². The van der Waals surface area contributed by atoms with E-state index in [9.17, 15) is 13.2 Å². The van der Waals surface area contributed by atoms with Crippen molar-refractivity contribution in [3.63, 3.8) is 0 Å². The summed E-state index contributed by atoms with van der Waals surface area (Å²) in [7, 11) is -3.15. The summed E-state index contributed by atoms with van der Waals surface area (Å²) in [5, 5.41) is 0. The van der Waals surface area contributed by atoms with E-state index in [1.807, 2.05) is 13.8 Å².